The molecular formula is C8H8BrNO3. The fourth-order valence-electron chi connectivity index (χ4n) is 0.951. The highest BCUT2D eigenvalue weighted by Gasteiger charge is 2.18. The van der Waals surface area contributed by atoms with Gasteiger partial charge in [-0.25, -0.2) is 4.79 Å². The smallest absolute Gasteiger partial charge is 0.337 e. The predicted molar refractivity (Wildman–Crippen MR) is 49.3 cm³/mol. The molecule has 0 aromatic carbocycles. The zero-order valence-electron chi connectivity index (χ0n) is 6.90. The first kappa shape index (κ1) is 10.1. The molecule has 13 heavy (non-hydrogen) atoms. The summed E-state index contributed by atoms with van der Waals surface area (Å²) < 4.78 is 5.52. The molecule has 1 N–H and O–H groups in total. The lowest BCUT2D eigenvalue weighted by Crippen LogP contribution is -2.13. The largest absolute Gasteiger partial charge is 0.479 e. The minimum atomic E-state index is -1.03. The number of methoxy groups -OCH3 is 1. The van der Waals surface area contributed by atoms with Crippen molar-refractivity contribution in [2.24, 2.45) is 0 Å². The maximum atomic E-state index is 10.7. The minimum Gasteiger partial charge on any atom is -0.479 e. The maximum absolute atomic E-state index is 10.7. The first-order valence-electron chi connectivity index (χ1n) is 3.51. The molecule has 0 aliphatic heterocycles. The summed E-state index contributed by atoms with van der Waals surface area (Å²) in [6.45, 7) is 0. The van der Waals surface area contributed by atoms with E-state index >= 15 is 0 Å². The third-order valence-electron chi connectivity index (χ3n) is 1.49. The first-order chi connectivity index (χ1) is 6.15. The second-order valence-corrected chi connectivity index (χ2v) is 3.31. The van der Waals surface area contributed by atoms with Gasteiger partial charge in [0.05, 0.1) is 0 Å². The summed E-state index contributed by atoms with van der Waals surface area (Å²) in [4.78, 5) is 14.5. The molecule has 1 heterocycles. The Bertz CT molecular complexity index is 316. The Labute approximate surface area is 83.7 Å². The van der Waals surface area contributed by atoms with Crippen LogP contribution in [0.25, 0.3) is 0 Å². The SMILES string of the molecule is COC(C(=O)O)c1cncc(Br)c1. The van der Waals surface area contributed by atoms with Crippen molar-refractivity contribution in [3.63, 3.8) is 0 Å². The topological polar surface area (TPSA) is 59.4 Å². The molecule has 5 heteroatoms. The summed E-state index contributed by atoms with van der Waals surface area (Å²) in [6.07, 6.45) is 2.09. The van der Waals surface area contributed by atoms with E-state index in [1.165, 1.54) is 13.3 Å². The summed E-state index contributed by atoms with van der Waals surface area (Å²) in [5.74, 6) is -1.03. The van der Waals surface area contributed by atoms with E-state index in [0.29, 0.717) is 5.56 Å². The van der Waals surface area contributed by atoms with E-state index in [4.69, 9.17) is 9.84 Å². The van der Waals surface area contributed by atoms with Gasteiger partial charge in [0, 0.05) is 29.5 Å². The average molecular weight is 246 g/mol. The monoisotopic (exact) mass is 245 g/mol. The van der Waals surface area contributed by atoms with Crippen molar-refractivity contribution in [2.75, 3.05) is 7.11 Å². The van der Waals surface area contributed by atoms with Crippen LogP contribution in [0.1, 0.15) is 11.7 Å². The normalized spacial score (nSPS) is 12.5. The van der Waals surface area contributed by atoms with Crippen LogP contribution in [0.2, 0.25) is 0 Å². The molecule has 0 radical (unpaired) electrons. The van der Waals surface area contributed by atoms with Gasteiger partial charge in [-0.05, 0) is 22.0 Å². The number of aromatic nitrogens is 1. The van der Waals surface area contributed by atoms with Gasteiger partial charge >= 0.3 is 5.97 Å². The van der Waals surface area contributed by atoms with Crippen LogP contribution in [0.5, 0.6) is 0 Å². The highest BCUT2D eigenvalue weighted by atomic mass is 79.9. The number of ether oxygens (including phenoxy) is 1. The Morgan fingerprint density at radius 3 is 2.85 bits per heavy atom. The number of nitrogens with zero attached hydrogens (tertiary/aromatic N) is 1. The number of hydrogen-bond acceptors (Lipinski definition) is 3. The summed E-state index contributed by atoms with van der Waals surface area (Å²) >= 11 is 3.20. The Balaban J connectivity index is 2.98. The van der Waals surface area contributed by atoms with E-state index in [0.717, 1.165) is 4.47 Å². The third-order valence-corrected chi connectivity index (χ3v) is 1.92. The third kappa shape index (κ3) is 2.50. The van der Waals surface area contributed by atoms with Gasteiger partial charge in [-0.3, -0.25) is 4.98 Å². The summed E-state index contributed by atoms with van der Waals surface area (Å²) in [6, 6.07) is 1.66. The number of aliphatic carboxylic acids is 1. The van der Waals surface area contributed by atoms with E-state index in [2.05, 4.69) is 20.9 Å². The molecule has 0 spiro atoms. The fourth-order valence-corrected chi connectivity index (χ4v) is 1.33. The Hall–Kier alpha value is -0.940. The molecule has 1 rings (SSSR count). The molecule has 0 saturated heterocycles. The molecule has 0 aliphatic carbocycles. The van der Waals surface area contributed by atoms with E-state index in [9.17, 15) is 4.79 Å². The Morgan fingerprint density at radius 1 is 1.69 bits per heavy atom. The number of rotatable bonds is 3. The highest BCUT2D eigenvalue weighted by Crippen LogP contribution is 2.19. The Kier molecular flexibility index (Phi) is 3.39. The molecule has 1 aromatic heterocycles. The number of carboxylic acid groups (broad SMARTS) is 1. The van der Waals surface area contributed by atoms with Crippen molar-refractivity contribution < 1.29 is 14.6 Å². The van der Waals surface area contributed by atoms with Gasteiger partial charge in [0.25, 0.3) is 0 Å². The quantitative estimate of drug-likeness (QED) is 0.880. The predicted octanol–water partition coefficient (Wildman–Crippen LogP) is 1.62. The zero-order valence-corrected chi connectivity index (χ0v) is 8.48. The van der Waals surface area contributed by atoms with Crippen LogP contribution in [0.4, 0.5) is 0 Å². The second-order valence-electron chi connectivity index (χ2n) is 2.39. The molecule has 4 nitrogen and oxygen atoms in total. The second kappa shape index (κ2) is 4.34. The van der Waals surface area contributed by atoms with E-state index in [-0.39, 0.29) is 0 Å². The van der Waals surface area contributed by atoms with E-state index in [1.54, 1.807) is 12.3 Å². The van der Waals surface area contributed by atoms with Crippen molar-refractivity contribution in [3.8, 4) is 0 Å². The molecule has 0 fully saturated rings. The number of halogens is 1. The van der Waals surface area contributed by atoms with Crippen LogP contribution in [0, 0.1) is 0 Å². The van der Waals surface area contributed by atoms with Gasteiger partial charge < -0.3 is 9.84 Å². The van der Waals surface area contributed by atoms with Crippen molar-refractivity contribution in [1.82, 2.24) is 4.98 Å². The molecule has 1 atom stereocenters. The number of hydrogen-bond donors (Lipinski definition) is 1. The van der Waals surface area contributed by atoms with Crippen LogP contribution >= 0.6 is 15.9 Å². The molecule has 70 valence electrons. The molecule has 0 amide bonds. The number of pyridine rings is 1. The van der Waals surface area contributed by atoms with Gasteiger partial charge in [0.1, 0.15) is 0 Å². The van der Waals surface area contributed by atoms with Gasteiger partial charge in [0.2, 0.25) is 0 Å². The number of carbonyl (C=O) groups is 1. The summed E-state index contributed by atoms with van der Waals surface area (Å²) in [7, 11) is 1.35. The van der Waals surface area contributed by atoms with Crippen molar-refractivity contribution in [1.29, 1.82) is 0 Å². The molecule has 1 unspecified atom stereocenters. The molecule has 1 aromatic rings. The van der Waals surface area contributed by atoms with Crippen molar-refractivity contribution >= 4 is 21.9 Å². The molecule has 0 saturated carbocycles. The van der Waals surface area contributed by atoms with Gasteiger partial charge in [0.15, 0.2) is 6.10 Å². The number of carboxylic acids is 1. The molecule has 0 bridgehead atoms. The van der Waals surface area contributed by atoms with E-state index < -0.39 is 12.1 Å². The standard InChI is InChI=1S/C8H8BrNO3/c1-13-7(8(11)12)5-2-6(9)4-10-3-5/h2-4,7H,1H3,(H,11,12). The minimum absolute atomic E-state index is 0.518. The lowest BCUT2D eigenvalue weighted by atomic mass is 10.2. The lowest BCUT2D eigenvalue weighted by molar-refractivity contribution is -0.148. The zero-order chi connectivity index (χ0) is 9.84. The summed E-state index contributed by atoms with van der Waals surface area (Å²) in [5, 5.41) is 8.75. The van der Waals surface area contributed by atoms with Gasteiger partial charge in [-0.1, -0.05) is 0 Å². The maximum Gasteiger partial charge on any atom is 0.337 e. The molecular weight excluding hydrogens is 238 g/mol. The summed E-state index contributed by atoms with van der Waals surface area (Å²) in [5.41, 5.74) is 0.518. The lowest BCUT2D eigenvalue weighted by Gasteiger charge is -2.09. The van der Waals surface area contributed by atoms with Crippen LogP contribution < -0.4 is 0 Å². The fraction of sp³-hybridized carbons (Fsp3) is 0.250. The van der Waals surface area contributed by atoms with Crippen LogP contribution in [-0.2, 0) is 9.53 Å². The van der Waals surface area contributed by atoms with Gasteiger partial charge in [-0.15, -0.1) is 0 Å². The van der Waals surface area contributed by atoms with E-state index in [1.807, 2.05) is 0 Å². The first-order valence-corrected chi connectivity index (χ1v) is 4.30. The average Bonchev–Trinajstić information content (AvgIpc) is 2.04. The highest BCUT2D eigenvalue weighted by molar-refractivity contribution is 9.10. The van der Waals surface area contributed by atoms with Crippen LogP contribution in [-0.4, -0.2) is 23.2 Å². The molecule has 0 aliphatic rings. The van der Waals surface area contributed by atoms with Crippen LogP contribution in [0.15, 0.2) is 22.9 Å². The van der Waals surface area contributed by atoms with Crippen molar-refractivity contribution in [3.05, 3.63) is 28.5 Å². The van der Waals surface area contributed by atoms with Crippen LogP contribution in [0.3, 0.4) is 0 Å². The Morgan fingerprint density at radius 2 is 2.38 bits per heavy atom. The van der Waals surface area contributed by atoms with Gasteiger partial charge in [-0.2, -0.15) is 0 Å². The van der Waals surface area contributed by atoms with Crippen molar-refractivity contribution in [2.45, 2.75) is 6.10 Å².